The van der Waals surface area contributed by atoms with Crippen LogP contribution in [0.4, 0.5) is 10.3 Å². The average Bonchev–Trinajstić information content (AvgIpc) is 3.48. The van der Waals surface area contributed by atoms with Crippen LogP contribution in [-0.2, 0) is 22.6 Å². The molecule has 0 aromatic carbocycles. The van der Waals surface area contributed by atoms with E-state index < -0.39 is 0 Å². The zero-order chi connectivity index (χ0) is 22.0. The first-order valence-corrected chi connectivity index (χ1v) is 12.0. The van der Waals surface area contributed by atoms with Crippen molar-refractivity contribution >= 4 is 33.4 Å². The minimum atomic E-state index is -0.0601. The Balaban J connectivity index is 1.31. The molecule has 2 saturated heterocycles. The average molecular weight is 446 g/mol. The van der Waals surface area contributed by atoms with Crippen LogP contribution in [0.15, 0.2) is 0 Å². The highest BCUT2D eigenvalue weighted by Crippen LogP contribution is 2.32. The third kappa shape index (κ3) is 4.58. The van der Waals surface area contributed by atoms with Gasteiger partial charge in [0.15, 0.2) is 0 Å². The lowest BCUT2D eigenvalue weighted by atomic mass is 9.97. The molecular formula is C21H31N7O2S. The van der Waals surface area contributed by atoms with Crippen molar-refractivity contribution in [3.63, 3.8) is 0 Å². The largest absolute Gasteiger partial charge is 0.355 e. The number of rotatable bonds is 7. The number of hydrogen-bond donors (Lipinski definition) is 1. The molecule has 1 atom stereocenters. The van der Waals surface area contributed by atoms with Crippen molar-refractivity contribution in [3.05, 3.63) is 17.0 Å². The van der Waals surface area contributed by atoms with Gasteiger partial charge in [-0.3, -0.25) is 19.2 Å². The molecule has 4 heterocycles. The van der Waals surface area contributed by atoms with Crippen LogP contribution >= 0.6 is 11.3 Å². The first kappa shape index (κ1) is 21.7. The molecule has 2 aromatic heterocycles. The Bertz CT molecular complexity index is 954. The van der Waals surface area contributed by atoms with Crippen LogP contribution in [0.25, 0.3) is 0 Å². The zero-order valence-electron chi connectivity index (χ0n) is 18.6. The first-order chi connectivity index (χ1) is 15.0. The summed E-state index contributed by atoms with van der Waals surface area (Å²) in [7, 11) is 0. The van der Waals surface area contributed by atoms with Crippen LogP contribution in [0.3, 0.4) is 0 Å². The summed E-state index contributed by atoms with van der Waals surface area (Å²) in [6.07, 6.45) is 4.07. The second-order valence-electron chi connectivity index (χ2n) is 8.31. The van der Waals surface area contributed by atoms with Crippen molar-refractivity contribution in [2.45, 2.75) is 59.4 Å². The van der Waals surface area contributed by atoms with Gasteiger partial charge in [-0.15, -0.1) is 10.2 Å². The lowest BCUT2D eigenvalue weighted by Gasteiger charge is -2.31. The van der Waals surface area contributed by atoms with Crippen molar-refractivity contribution in [2.24, 2.45) is 5.92 Å². The monoisotopic (exact) mass is 445 g/mol. The van der Waals surface area contributed by atoms with Gasteiger partial charge in [-0.25, -0.2) is 0 Å². The van der Waals surface area contributed by atoms with E-state index in [2.05, 4.69) is 39.4 Å². The van der Waals surface area contributed by atoms with Crippen LogP contribution in [-0.4, -0.2) is 58.0 Å². The van der Waals surface area contributed by atoms with Gasteiger partial charge in [-0.05, 0) is 52.0 Å². The third-order valence-electron chi connectivity index (χ3n) is 6.28. The molecule has 0 saturated carbocycles. The summed E-state index contributed by atoms with van der Waals surface area (Å²) in [5, 5.41) is 17.7. The fourth-order valence-electron chi connectivity index (χ4n) is 4.52. The number of nitrogens with zero attached hydrogens (tertiary/aromatic N) is 6. The van der Waals surface area contributed by atoms with Crippen molar-refractivity contribution in [3.8, 4) is 0 Å². The number of anilines is 2. The van der Waals surface area contributed by atoms with Crippen LogP contribution in [0.2, 0.25) is 0 Å². The van der Waals surface area contributed by atoms with E-state index in [9.17, 15) is 9.59 Å². The smallest absolute Gasteiger partial charge is 0.228 e. The Hall–Kier alpha value is -2.49. The Morgan fingerprint density at radius 2 is 2.00 bits per heavy atom. The Kier molecular flexibility index (Phi) is 6.54. The predicted molar refractivity (Wildman–Crippen MR) is 121 cm³/mol. The molecule has 2 aliphatic rings. The maximum Gasteiger partial charge on any atom is 0.228 e. The van der Waals surface area contributed by atoms with Gasteiger partial charge < -0.3 is 10.2 Å². The predicted octanol–water partition coefficient (Wildman–Crippen LogP) is 2.07. The molecule has 0 radical (unpaired) electrons. The highest BCUT2D eigenvalue weighted by Gasteiger charge is 2.30. The van der Waals surface area contributed by atoms with Crippen molar-refractivity contribution < 1.29 is 9.59 Å². The normalized spacial score (nSPS) is 19.3. The van der Waals surface area contributed by atoms with Crippen LogP contribution in [0.1, 0.15) is 49.6 Å². The zero-order valence-corrected chi connectivity index (χ0v) is 19.4. The Morgan fingerprint density at radius 3 is 2.71 bits per heavy atom. The number of piperidine rings is 1. The van der Waals surface area contributed by atoms with Gasteiger partial charge in [0, 0.05) is 44.8 Å². The molecule has 1 N–H and O–H groups in total. The highest BCUT2D eigenvalue weighted by molar-refractivity contribution is 7.19. The number of carbonyl (C=O) groups excluding carboxylic acids is 2. The molecule has 2 aromatic rings. The summed E-state index contributed by atoms with van der Waals surface area (Å²) in [6.45, 7) is 9.90. The molecule has 31 heavy (non-hydrogen) atoms. The highest BCUT2D eigenvalue weighted by atomic mass is 32.1. The number of carbonyl (C=O) groups is 2. The number of aromatic nitrogens is 4. The van der Waals surface area contributed by atoms with Crippen LogP contribution in [0.5, 0.6) is 0 Å². The van der Waals surface area contributed by atoms with Crippen LogP contribution < -0.4 is 15.1 Å². The van der Waals surface area contributed by atoms with E-state index >= 15 is 0 Å². The summed E-state index contributed by atoms with van der Waals surface area (Å²) in [4.78, 5) is 28.6. The van der Waals surface area contributed by atoms with Crippen molar-refractivity contribution in [1.29, 1.82) is 0 Å². The molecule has 0 unspecified atom stereocenters. The second kappa shape index (κ2) is 9.33. The quantitative estimate of drug-likeness (QED) is 0.701. The van der Waals surface area contributed by atoms with E-state index in [1.165, 1.54) is 22.6 Å². The molecule has 2 aliphatic heterocycles. The van der Waals surface area contributed by atoms with E-state index in [1.807, 2.05) is 11.6 Å². The third-order valence-corrected chi connectivity index (χ3v) is 7.28. The lowest BCUT2D eigenvalue weighted by Crippen LogP contribution is -2.43. The molecule has 9 nitrogen and oxygen atoms in total. The molecule has 0 aliphatic carbocycles. The SMILES string of the molecule is CCn1nc(C)c(CCNC(=O)[C@H]2CCCN(c3nnc(N4CCCC4=O)s3)C2)c1C. The van der Waals surface area contributed by atoms with Crippen molar-refractivity contribution in [2.75, 3.05) is 36.0 Å². The topological polar surface area (TPSA) is 96.2 Å². The van der Waals surface area contributed by atoms with Gasteiger partial charge in [0.25, 0.3) is 0 Å². The molecule has 2 fully saturated rings. The molecule has 0 bridgehead atoms. The van der Waals surface area contributed by atoms with Gasteiger partial charge >= 0.3 is 0 Å². The summed E-state index contributed by atoms with van der Waals surface area (Å²) in [6, 6.07) is 0. The Morgan fingerprint density at radius 1 is 1.19 bits per heavy atom. The molecule has 0 spiro atoms. The summed E-state index contributed by atoms with van der Waals surface area (Å²) < 4.78 is 2.01. The molecule has 168 valence electrons. The number of nitrogens with one attached hydrogen (secondary N) is 1. The van der Waals surface area contributed by atoms with Gasteiger partial charge in [-0.1, -0.05) is 11.3 Å². The fourth-order valence-corrected chi connectivity index (χ4v) is 5.44. The van der Waals surface area contributed by atoms with Crippen LogP contribution in [0, 0.1) is 19.8 Å². The van der Waals surface area contributed by atoms with Gasteiger partial charge in [-0.2, -0.15) is 5.10 Å². The van der Waals surface area contributed by atoms with Gasteiger partial charge in [0.05, 0.1) is 11.6 Å². The minimum Gasteiger partial charge on any atom is -0.355 e. The molecule has 2 amide bonds. The molecule has 10 heteroatoms. The summed E-state index contributed by atoms with van der Waals surface area (Å²) in [5.74, 6) is 0.158. The number of aryl methyl sites for hydroxylation is 2. The van der Waals surface area contributed by atoms with E-state index in [4.69, 9.17) is 0 Å². The summed E-state index contributed by atoms with van der Waals surface area (Å²) >= 11 is 1.44. The molecular weight excluding hydrogens is 414 g/mol. The van der Waals surface area contributed by atoms with E-state index in [0.717, 1.165) is 49.6 Å². The Labute approximate surface area is 186 Å². The molecule has 4 rings (SSSR count). The minimum absolute atomic E-state index is 0.0601. The standard InChI is InChI=1S/C21H31N7O2S/c1-4-28-15(3)17(14(2)25-28)9-10-22-19(30)16-7-5-11-26(13-16)20-23-24-21(31-20)27-12-6-8-18(27)29/h16H,4-13H2,1-3H3,(H,22,30)/t16-/m0/s1. The first-order valence-electron chi connectivity index (χ1n) is 11.2. The second-order valence-corrected chi connectivity index (χ2v) is 9.24. The number of amides is 2. The van der Waals surface area contributed by atoms with E-state index in [0.29, 0.717) is 31.2 Å². The maximum atomic E-state index is 12.8. The van der Waals surface area contributed by atoms with Gasteiger partial charge in [0.2, 0.25) is 22.1 Å². The van der Waals surface area contributed by atoms with E-state index in [1.54, 1.807) is 4.90 Å². The summed E-state index contributed by atoms with van der Waals surface area (Å²) in [5.41, 5.74) is 3.45. The maximum absolute atomic E-state index is 12.8. The number of hydrogen-bond acceptors (Lipinski definition) is 7. The fraction of sp³-hybridized carbons (Fsp3) is 0.667. The van der Waals surface area contributed by atoms with Gasteiger partial charge in [0.1, 0.15) is 0 Å². The van der Waals surface area contributed by atoms with E-state index in [-0.39, 0.29) is 17.7 Å². The lowest BCUT2D eigenvalue weighted by molar-refractivity contribution is -0.125. The van der Waals surface area contributed by atoms with Crippen molar-refractivity contribution in [1.82, 2.24) is 25.3 Å².